The van der Waals surface area contributed by atoms with E-state index in [4.69, 9.17) is 14.5 Å². The van der Waals surface area contributed by atoms with Gasteiger partial charge < -0.3 is 20.1 Å². The molecule has 5 rings (SSSR count). The first-order chi connectivity index (χ1) is 21.7. The number of pyridine rings is 2. The summed E-state index contributed by atoms with van der Waals surface area (Å²) in [5, 5.41) is 11.1. The Morgan fingerprint density at radius 1 is 1.22 bits per heavy atom. The summed E-state index contributed by atoms with van der Waals surface area (Å²) in [6.07, 6.45) is 5.14. The predicted molar refractivity (Wildman–Crippen MR) is 179 cm³/mol. The second-order valence-electron chi connectivity index (χ2n) is 12.6. The van der Waals surface area contributed by atoms with Gasteiger partial charge in [0, 0.05) is 44.2 Å². The van der Waals surface area contributed by atoms with Crippen molar-refractivity contribution in [3.05, 3.63) is 59.2 Å². The number of amides is 1. The van der Waals surface area contributed by atoms with E-state index in [1.165, 1.54) is 33.5 Å². The van der Waals surface area contributed by atoms with E-state index in [1.807, 2.05) is 0 Å². The lowest BCUT2D eigenvalue weighted by Gasteiger charge is -2.19. The van der Waals surface area contributed by atoms with Crippen LogP contribution in [0, 0.1) is 5.82 Å². The van der Waals surface area contributed by atoms with Crippen LogP contribution >= 0.6 is 0 Å². The molecule has 246 valence electrons. The molecule has 4 aromatic rings. The zero-order valence-corrected chi connectivity index (χ0v) is 29.0. The fraction of sp³-hybridized carbons (Fsp3) is 0.419. The van der Waals surface area contributed by atoms with Crippen LogP contribution in [0.2, 0.25) is 19.6 Å². The summed E-state index contributed by atoms with van der Waals surface area (Å²) in [6, 6.07) is 8.44. The lowest BCUT2D eigenvalue weighted by Crippen LogP contribution is -2.28. The number of hydrogen-bond donors (Lipinski definition) is 2. The van der Waals surface area contributed by atoms with E-state index in [9.17, 15) is 13.2 Å². The Balaban J connectivity index is 1.69. The molecule has 0 saturated heterocycles. The number of sulfonamides is 1. The van der Waals surface area contributed by atoms with E-state index in [0.717, 1.165) is 29.0 Å². The predicted octanol–water partition coefficient (Wildman–Crippen LogP) is 4.74. The van der Waals surface area contributed by atoms with Crippen molar-refractivity contribution in [3.63, 3.8) is 0 Å². The van der Waals surface area contributed by atoms with Gasteiger partial charge in [0.2, 0.25) is 10.0 Å². The molecule has 15 heteroatoms. The molecule has 0 spiro atoms. The number of nitrogens with zero attached hydrogens (tertiary/aromatic N) is 5. The number of carbonyl (C=O) groups is 1. The number of methoxy groups -OCH3 is 1. The number of hydrogen-bond acceptors (Lipinski definition) is 9. The molecule has 1 aromatic carbocycles. The topological polar surface area (TPSA) is 141 Å². The van der Waals surface area contributed by atoms with Gasteiger partial charge >= 0.3 is 0 Å². The molecule has 0 aliphatic heterocycles. The van der Waals surface area contributed by atoms with Gasteiger partial charge in [-0.05, 0) is 48.6 Å². The first kappa shape index (κ1) is 33.3. The SMILES string of the molecule is CNC(=O)c1nn(COC[Si](C)(C)C)c2cc(-c3cc(F)c(OC)cc3C3CC3)nc(NCc3cccnc3N(C)S(C)(=O)=O)c12. The van der Waals surface area contributed by atoms with Crippen LogP contribution in [0.1, 0.15) is 40.4 Å². The lowest BCUT2D eigenvalue weighted by atomic mass is 9.98. The van der Waals surface area contributed by atoms with Gasteiger partial charge in [-0.15, -0.1) is 0 Å². The van der Waals surface area contributed by atoms with E-state index in [1.54, 1.807) is 28.9 Å². The van der Waals surface area contributed by atoms with Crippen LogP contribution in [0.4, 0.5) is 16.0 Å². The Hall–Kier alpha value is -4.08. The van der Waals surface area contributed by atoms with Crippen LogP contribution in [0.3, 0.4) is 0 Å². The van der Waals surface area contributed by atoms with Crippen molar-refractivity contribution < 1.29 is 27.1 Å². The molecule has 1 saturated carbocycles. The first-order valence-electron chi connectivity index (χ1n) is 14.9. The van der Waals surface area contributed by atoms with Gasteiger partial charge in [-0.3, -0.25) is 9.10 Å². The Bertz CT molecular complexity index is 1890. The average Bonchev–Trinajstić information content (AvgIpc) is 3.79. The molecule has 1 aliphatic carbocycles. The molecule has 0 atom stereocenters. The Morgan fingerprint density at radius 2 is 1.96 bits per heavy atom. The lowest BCUT2D eigenvalue weighted by molar-refractivity contribution is 0.0938. The fourth-order valence-corrected chi connectivity index (χ4v) is 6.32. The van der Waals surface area contributed by atoms with Crippen molar-refractivity contribution in [1.82, 2.24) is 25.1 Å². The van der Waals surface area contributed by atoms with E-state index < -0.39 is 29.8 Å². The Morgan fingerprint density at radius 3 is 2.59 bits per heavy atom. The minimum atomic E-state index is -3.59. The molecule has 3 heterocycles. The number of anilines is 2. The summed E-state index contributed by atoms with van der Waals surface area (Å²) in [6.45, 7) is 6.80. The van der Waals surface area contributed by atoms with Crippen molar-refractivity contribution in [3.8, 4) is 17.0 Å². The molecular weight excluding hydrogens is 630 g/mol. The minimum Gasteiger partial charge on any atom is -0.494 e. The molecule has 0 radical (unpaired) electrons. The number of halogens is 1. The number of fused-ring (bicyclic) bond motifs is 1. The second kappa shape index (κ2) is 13.0. The van der Waals surface area contributed by atoms with Crippen LogP contribution in [-0.2, 0) is 28.0 Å². The van der Waals surface area contributed by atoms with Crippen molar-refractivity contribution in [1.29, 1.82) is 0 Å². The first-order valence-corrected chi connectivity index (χ1v) is 20.5. The summed E-state index contributed by atoms with van der Waals surface area (Å²) in [4.78, 5) is 22.4. The molecule has 0 bridgehead atoms. The quantitative estimate of drug-likeness (QED) is 0.193. The van der Waals surface area contributed by atoms with Crippen LogP contribution in [-0.4, -0.2) is 75.8 Å². The van der Waals surface area contributed by atoms with Crippen molar-refractivity contribution in [2.45, 2.75) is 51.7 Å². The molecule has 2 N–H and O–H groups in total. The molecule has 12 nitrogen and oxygen atoms in total. The number of ether oxygens (including phenoxy) is 2. The minimum absolute atomic E-state index is 0.0963. The van der Waals surface area contributed by atoms with Crippen LogP contribution in [0.25, 0.3) is 22.2 Å². The van der Waals surface area contributed by atoms with Crippen molar-refractivity contribution in [2.75, 3.05) is 43.3 Å². The smallest absolute Gasteiger partial charge is 0.272 e. The highest BCUT2D eigenvalue weighted by atomic mass is 32.2. The van der Waals surface area contributed by atoms with E-state index in [2.05, 4.69) is 40.4 Å². The summed E-state index contributed by atoms with van der Waals surface area (Å²) in [7, 11) is -0.748. The zero-order valence-electron chi connectivity index (χ0n) is 27.1. The van der Waals surface area contributed by atoms with Crippen LogP contribution < -0.4 is 19.7 Å². The van der Waals surface area contributed by atoms with Crippen LogP contribution in [0.5, 0.6) is 5.75 Å². The largest absolute Gasteiger partial charge is 0.494 e. The standard InChI is InChI=1S/C31H40FN7O5SSi/c1-33-31(40)28-27-25(39(37-28)17-44-18-46(5,6)7)15-24(22-13-23(32)26(43-3)14-21(22)19-10-11-19)36-29(27)35-16-20-9-8-12-34-30(20)38(2)45(4,41)42/h8-9,12-15,19H,10-11,16-18H2,1-7H3,(H,33,40)(H,35,36). The maximum absolute atomic E-state index is 15.2. The monoisotopic (exact) mass is 669 g/mol. The average molecular weight is 670 g/mol. The van der Waals surface area contributed by atoms with Gasteiger partial charge in [0.05, 0.1) is 38.0 Å². The fourth-order valence-electron chi connectivity index (χ4n) is 5.14. The van der Waals surface area contributed by atoms with Gasteiger partial charge in [-0.1, -0.05) is 25.7 Å². The van der Waals surface area contributed by atoms with Gasteiger partial charge in [0.1, 0.15) is 18.4 Å². The summed E-state index contributed by atoms with van der Waals surface area (Å²) < 4.78 is 54.0. The number of aromatic nitrogens is 4. The van der Waals surface area contributed by atoms with E-state index >= 15 is 4.39 Å². The maximum atomic E-state index is 15.2. The summed E-state index contributed by atoms with van der Waals surface area (Å²) in [5.74, 6) is 0.0438. The zero-order chi connectivity index (χ0) is 33.4. The molecule has 1 fully saturated rings. The van der Waals surface area contributed by atoms with E-state index in [0.29, 0.717) is 39.8 Å². The van der Waals surface area contributed by atoms with Gasteiger partial charge in [-0.25, -0.2) is 27.5 Å². The van der Waals surface area contributed by atoms with E-state index in [-0.39, 0.29) is 36.5 Å². The number of carbonyl (C=O) groups excluding carboxylic acids is 1. The highest BCUT2D eigenvalue weighted by Crippen LogP contribution is 2.46. The molecule has 0 unspecified atom stereocenters. The summed E-state index contributed by atoms with van der Waals surface area (Å²) >= 11 is 0. The Labute approximate surface area is 269 Å². The third kappa shape index (κ3) is 7.16. The van der Waals surface area contributed by atoms with Gasteiger partial charge in [-0.2, -0.15) is 5.10 Å². The number of nitrogens with one attached hydrogen (secondary N) is 2. The maximum Gasteiger partial charge on any atom is 0.272 e. The number of rotatable bonds is 13. The van der Waals surface area contributed by atoms with Gasteiger partial charge in [0.25, 0.3) is 5.91 Å². The molecule has 1 amide bonds. The van der Waals surface area contributed by atoms with Crippen LogP contribution in [0.15, 0.2) is 36.5 Å². The molecular formula is C31H40FN7O5SSi. The highest BCUT2D eigenvalue weighted by Gasteiger charge is 2.30. The Kier molecular flexibility index (Phi) is 9.38. The van der Waals surface area contributed by atoms with Gasteiger partial charge in [0.15, 0.2) is 17.3 Å². The third-order valence-corrected chi connectivity index (χ3v) is 9.89. The summed E-state index contributed by atoms with van der Waals surface area (Å²) in [5.41, 5.74) is 3.30. The molecule has 1 aliphatic rings. The van der Waals surface area contributed by atoms with Crippen molar-refractivity contribution >= 4 is 46.5 Å². The molecule has 3 aromatic heterocycles. The molecule has 46 heavy (non-hydrogen) atoms. The third-order valence-electron chi connectivity index (χ3n) is 7.65. The highest BCUT2D eigenvalue weighted by molar-refractivity contribution is 7.92. The van der Waals surface area contributed by atoms with Crippen molar-refractivity contribution in [2.24, 2.45) is 0 Å². The number of benzene rings is 1. The second-order valence-corrected chi connectivity index (χ2v) is 20.1. The normalized spacial score (nSPS) is 13.6.